The summed E-state index contributed by atoms with van der Waals surface area (Å²) in [7, 11) is -3.57. The van der Waals surface area contributed by atoms with Gasteiger partial charge in [-0.3, -0.25) is 4.79 Å². The van der Waals surface area contributed by atoms with Gasteiger partial charge in [0, 0.05) is 0 Å². The summed E-state index contributed by atoms with van der Waals surface area (Å²) < 4.78 is 40.1. The molecule has 0 aromatic heterocycles. The molecule has 0 aromatic carbocycles. The first-order valence-corrected chi connectivity index (χ1v) is 14.1. The fourth-order valence-corrected chi connectivity index (χ4v) is 5.96. The van der Waals surface area contributed by atoms with Gasteiger partial charge < -0.3 is 14.8 Å². The van der Waals surface area contributed by atoms with Crippen LogP contribution in [-0.2, 0) is 24.3 Å². The Morgan fingerprint density at radius 3 is 2.34 bits per heavy atom. The zero-order valence-corrected chi connectivity index (χ0v) is 21.9. The zero-order valence-electron chi connectivity index (χ0n) is 21.0. The lowest BCUT2D eigenvalue weighted by Gasteiger charge is -2.42. The quantitative estimate of drug-likeness (QED) is 0.346. The van der Waals surface area contributed by atoms with Crippen LogP contribution in [0.25, 0.3) is 0 Å². The lowest BCUT2D eigenvalue weighted by atomic mass is 9.72. The number of hydrogen-bond donors (Lipinski definition) is 2. The van der Waals surface area contributed by atoms with Crippen molar-refractivity contribution < 1.29 is 22.7 Å². The summed E-state index contributed by atoms with van der Waals surface area (Å²) in [6.07, 6.45) is 7.66. The molecule has 2 heterocycles. The number of carbonyl (C=O) groups is 1. The summed E-state index contributed by atoms with van der Waals surface area (Å²) in [4.78, 5) is 13.1. The second-order valence-corrected chi connectivity index (χ2v) is 13.1. The highest BCUT2D eigenvalue weighted by molar-refractivity contribution is 7.90. The highest BCUT2D eigenvalue weighted by Crippen LogP contribution is 2.47. The predicted molar refractivity (Wildman–Crippen MR) is 128 cm³/mol. The second-order valence-electron chi connectivity index (χ2n) is 10.6. The first-order valence-electron chi connectivity index (χ1n) is 12.6. The molecule has 0 aliphatic carbocycles. The molecule has 2 aliphatic rings. The van der Waals surface area contributed by atoms with Gasteiger partial charge in [-0.1, -0.05) is 46.0 Å². The van der Waals surface area contributed by atoms with E-state index in [4.69, 9.17) is 9.47 Å². The standard InChI is InChI=1S/C24H46N2O5S/c1-7-9-10-11-12-13-19(8-2)21(27)31-22-24(14-16-25-17-15-24)20(18(3)30-22)26-32(28,29)23(4,5)6/h18-20,22,25-26H,7-17H2,1-6H3/t18-,19+,20+,22+/m0/s1. The van der Waals surface area contributed by atoms with Gasteiger partial charge >= 0.3 is 5.97 Å². The number of piperidine rings is 1. The van der Waals surface area contributed by atoms with Crippen LogP contribution in [0.5, 0.6) is 0 Å². The Morgan fingerprint density at radius 1 is 1.16 bits per heavy atom. The Hall–Kier alpha value is -0.700. The molecule has 0 bridgehead atoms. The van der Waals surface area contributed by atoms with Crippen molar-refractivity contribution >= 4 is 16.0 Å². The molecule has 32 heavy (non-hydrogen) atoms. The molecule has 4 atom stereocenters. The number of esters is 1. The van der Waals surface area contributed by atoms with E-state index in [0.29, 0.717) is 12.8 Å². The predicted octanol–water partition coefficient (Wildman–Crippen LogP) is 4.12. The third-order valence-electron chi connectivity index (χ3n) is 7.22. The van der Waals surface area contributed by atoms with E-state index in [9.17, 15) is 13.2 Å². The van der Waals surface area contributed by atoms with Crippen LogP contribution in [0.15, 0.2) is 0 Å². The molecule has 1 spiro atoms. The number of ether oxygens (including phenoxy) is 2. The van der Waals surface area contributed by atoms with Gasteiger partial charge in [0.2, 0.25) is 16.3 Å². The molecule has 0 saturated carbocycles. The van der Waals surface area contributed by atoms with Gasteiger partial charge in [-0.15, -0.1) is 0 Å². The lowest BCUT2D eigenvalue weighted by molar-refractivity contribution is -0.199. The molecule has 2 N–H and O–H groups in total. The Kier molecular flexibility index (Phi) is 10.0. The topological polar surface area (TPSA) is 93.7 Å². The van der Waals surface area contributed by atoms with Crippen molar-refractivity contribution in [2.24, 2.45) is 11.3 Å². The van der Waals surface area contributed by atoms with Gasteiger partial charge in [-0.05, 0) is 66.5 Å². The molecule has 2 saturated heterocycles. The number of unbranched alkanes of at least 4 members (excludes halogenated alkanes) is 4. The SMILES string of the molecule is CCCCCCC[C@@H](CC)C(=O)O[C@H]1O[C@@H](C)[C@@H](NS(=O)(=O)C(C)(C)C)C12CCNCC2. The number of hydrogen-bond acceptors (Lipinski definition) is 6. The Balaban J connectivity index is 2.13. The van der Waals surface area contributed by atoms with Gasteiger partial charge in [-0.2, -0.15) is 0 Å². The fraction of sp³-hybridized carbons (Fsp3) is 0.958. The van der Waals surface area contributed by atoms with Crippen LogP contribution in [-0.4, -0.2) is 50.7 Å². The van der Waals surface area contributed by atoms with E-state index in [2.05, 4.69) is 17.0 Å². The fourth-order valence-electron chi connectivity index (χ4n) is 4.85. The molecule has 188 valence electrons. The van der Waals surface area contributed by atoms with Crippen molar-refractivity contribution in [3.8, 4) is 0 Å². The molecule has 7 nitrogen and oxygen atoms in total. The third-order valence-corrected chi connectivity index (χ3v) is 9.40. The Labute approximate surface area is 195 Å². The monoisotopic (exact) mass is 474 g/mol. The molecule has 0 amide bonds. The van der Waals surface area contributed by atoms with Crippen LogP contribution < -0.4 is 10.0 Å². The van der Waals surface area contributed by atoms with Crippen molar-refractivity contribution in [3.05, 3.63) is 0 Å². The minimum Gasteiger partial charge on any atom is -0.435 e. The molecule has 0 radical (unpaired) electrons. The first kappa shape index (κ1) is 27.5. The highest BCUT2D eigenvalue weighted by atomic mass is 32.2. The Bertz CT molecular complexity index is 698. The van der Waals surface area contributed by atoms with Crippen molar-refractivity contribution in [2.45, 2.75) is 123 Å². The maximum absolute atomic E-state index is 13.1. The smallest absolute Gasteiger partial charge is 0.311 e. The van der Waals surface area contributed by atoms with Crippen molar-refractivity contribution in [1.82, 2.24) is 10.0 Å². The third kappa shape index (κ3) is 6.45. The maximum Gasteiger partial charge on any atom is 0.311 e. The van der Waals surface area contributed by atoms with Crippen LogP contribution in [0.2, 0.25) is 0 Å². The van der Waals surface area contributed by atoms with E-state index in [1.165, 1.54) is 19.3 Å². The minimum atomic E-state index is -3.57. The molecular weight excluding hydrogens is 428 g/mol. The number of nitrogens with one attached hydrogen (secondary N) is 2. The van der Waals surface area contributed by atoms with E-state index in [1.54, 1.807) is 20.8 Å². The first-order chi connectivity index (χ1) is 15.0. The van der Waals surface area contributed by atoms with E-state index >= 15 is 0 Å². The molecule has 2 rings (SSSR count). The summed E-state index contributed by atoms with van der Waals surface area (Å²) in [5.74, 6) is -0.350. The van der Waals surface area contributed by atoms with Crippen LogP contribution in [0.3, 0.4) is 0 Å². The van der Waals surface area contributed by atoms with Crippen molar-refractivity contribution in [3.63, 3.8) is 0 Å². The van der Waals surface area contributed by atoms with Gasteiger partial charge in [0.15, 0.2) is 0 Å². The lowest BCUT2D eigenvalue weighted by Crippen LogP contribution is -2.58. The maximum atomic E-state index is 13.1. The van der Waals surface area contributed by atoms with Crippen LogP contribution in [0, 0.1) is 11.3 Å². The van der Waals surface area contributed by atoms with Gasteiger partial charge in [0.05, 0.1) is 28.2 Å². The minimum absolute atomic E-state index is 0.139. The van der Waals surface area contributed by atoms with Gasteiger partial charge in [-0.25, -0.2) is 13.1 Å². The number of rotatable bonds is 11. The van der Waals surface area contributed by atoms with Crippen LogP contribution >= 0.6 is 0 Å². The normalized spacial score (nSPS) is 26.9. The highest BCUT2D eigenvalue weighted by Gasteiger charge is 2.59. The van der Waals surface area contributed by atoms with Crippen molar-refractivity contribution in [2.75, 3.05) is 13.1 Å². The van der Waals surface area contributed by atoms with Crippen LogP contribution in [0.1, 0.15) is 99.3 Å². The average Bonchev–Trinajstić information content (AvgIpc) is 2.95. The number of carbonyl (C=O) groups excluding carboxylic acids is 1. The molecule has 2 fully saturated rings. The summed E-state index contributed by atoms with van der Waals surface area (Å²) in [5, 5.41) is 3.34. The van der Waals surface area contributed by atoms with E-state index in [1.807, 2.05) is 13.8 Å². The van der Waals surface area contributed by atoms with Gasteiger partial charge in [0.25, 0.3) is 0 Å². The molecule has 2 aliphatic heterocycles. The summed E-state index contributed by atoms with van der Waals surface area (Å²) in [6, 6.07) is -0.430. The molecule has 0 aromatic rings. The number of sulfonamides is 1. The summed E-state index contributed by atoms with van der Waals surface area (Å²) >= 11 is 0. The van der Waals surface area contributed by atoms with E-state index in [-0.39, 0.29) is 18.0 Å². The van der Waals surface area contributed by atoms with Crippen molar-refractivity contribution in [1.29, 1.82) is 0 Å². The Morgan fingerprint density at radius 2 is 1.78 bits per heavy atom. The average molecular weight is 475 g/mol. The van der Waals surface area contributed by atoms with E-state index < -0.39 is 32.5 Å². The summed E-state index contributed by atoms with van der Waals surface area (Å²) in [6.45, 7) is 12.6. The largest absolute Gasteiger partial charge is 0.435 e. The summed E-state index contributed by atoms with van der Waals surface area (Å²) in [5.41, 5.74) is -0.557. The molecule has 0 unspecified atom stereocenters. The van der Waals surface area contributed by atoms with Gasteiger partial charge in [0.1, 0.15) is 0 Å². The van der Waals surface area contributed by atoms with Crippen LogP contribution in [0.4, 0.5) is 0 Å². The van der Waals surface area contributed by atoms with E-state index in [0.717, 1.165) is 38.8 Å². The molecule has 8 heteroatoms. The molecular formula is C24H46N2O5S. The second kappa shape index (κ2) is 11.6. The zero-order chi connectivity index (χ0) is 24.0.